The number of carboxylic acid groups (broad SMARTS) is 3. The minimum absolute atomic E-state index is 0.00127. The van der Waals surface area contributed by atoms with Crippen molar-refractivity contribution in [2.24, 2.45) is 35.0 Å². The van der Waals surface area contributed by atoms with E-state index in [0.717, 1.165) is 16.7 Å². The van der Waals surface area contributed by atoms with Gasteiger partial charge < -0.3 is 121 Å². The van der Waals surface area contributed by atoms with Crippen LogP contribution in [0, 0.1) is 17.8 Å². The molecule has 3 aromatic rings. The van der Waals surface area contributed by atoms with Crippen molar-refractivity contribution in [1.82, 2.24) is 73.3 Å². The summed E-state index contributed by atoms with van der Waals surface area (Å²) in [6.07, 6.45) is -3.01. The molecular formula is C76H113N17O23. The Morgan fingerprint density at radius 2 is 0.914 bits per heavy atom. The highest BCUT2D eigenvalue weighted by Crippen LogP contribution is 2.25. The van der Waals surface area contributed by atoms with Crippen molar-refractivity contribution in [3.63, 3.8) is 0 Å². The van der Waals surface area contributed by atoms with Crippen molar-refractivity contribution in [3.05, 3.63) is 65.9 Å². The van der Waals surface area contributed by atoms with Crippen molar-refractivity contribution in [1.29, 1.82) is 0 Å². The number of aliphatic hydroxyl groups is 2. The molecule has 0 bridgehead atoms. The molecule has 0 saturated carbocycles. The number of aliphatic carboxylic acids is 3. The van der Waals surface area contributed by atoms with Crippen LogP contribution >= 0.6 is 0 Å². The van der Waals surface area contributed by atoms with E-state index in [9.17, 15) is 112 Å². The van der Waals surface area contributed by atoms with Crippen molar-refractivity contribution in [2.75, 3.05) is 26.2 Å². The summed E-state index contributed by atoms with van der Waals surface area (Å²) >= 11 is 0. The molecule has 5 rings (SSSR count). The van der Waals surface area contributed by atoms with E-state index in [-0.39, 0.29) is 107 Å². The number of aromatic hydroxyl groups is 1. The van der Waals surface area contributed by atoms with Crippen molar-refractivity contribution in [3.8, 4) is 5.75 Å². The average Bonchev–Trinajstić information content (AvgIpc) is 1.64. The van der Waals surface area contributed by atoms with Gasteiger partial charge in [0.15, 0.2) is 0 Å². The van der Waals surface area contributed by atoms with Crippen LogP contribution in [0.4, 0.5) is 0 Å². The number of unbranched alkanes of at least 4 members (excludes halogenated alkanes) is 1. The van der Waals surface area contributed by atoms with Gasteiger partial charge in [0, 0.05) is 43.0 Å². The number of carbonyl (C=O) groups excluding carboxylic acids is 14. The monoisotopic (exact) mass is 1630 g/mol. The topological polar surface area (TPSA) is 644 Å². The maximum Gasteiger partial charge on any atom is 0.326 e. The summed E-state index contributed by atoms with van der Waals surface area (Å²) < 4.78 is 0. The molecule has 2 aliphatic heterocycles. The summed E-state index contributed by atoms with van der Waals surface area (Å²) in [4.78, 5) is 238. The second-order valence-corrected chi connectivity index (χ2v) is 30.5. The zero-order chi connectivity index (χ0) is 86.5. The second-order valence-electron chi connectivity index (χ2n) is 30.5. The van der Waals surface area contributed by atoms with Crippen molar-refractivity contribution in [2.45, 2.75) is 242 Å². The number of H-pyrrole nitrogens is 1. The number of carboxylic acids is 3. The van der Waals surface area contributed by atoms with Gasteiger partial charge in [-0.25, -0.2) is 4.79 Å². The van der Waals surface area contributed by atoms with Gasteiger partial charge in [0.2, 0.25) is 82.7 Å². The minimum atomic E-state index is -1.95. The summed E-state index contributed by atoms with van der Waals surface area (Å²) in [5, 5.41) is 88.7. The SMILES string of the molecule is CC(C)C[C@H](NC(=O)[C@H](CCCCN)NC(=O)[C@@H](NC(=O)[C@H](CC(C)C)NC(=O)[C@@H]1CCCN1C(=O)[C@H](CC(=O)O)NC(=O)[C@H](Cc1ccc(O)cc1)NC(=O)[C@H](Cc1c[nH]c2ccccc12)NC(=O)[C@H](CC(N)=O)NC(=O)[C@H](C)N)[C@@H](C)O)C(=O)N[C@@H](CO)C(=O)N[C@@H](CC(C)C)C(=O)N1CCC[C@H]1C(=O)N[C@@H](CC(=O)O)C(=O)O. The number of rotatable bonds is 47. The van der Waals surface area contributed by atoms with Crippen LogP contribution in [0.2, 0.25) is 0 Å². The van der Waals surface area contributed by atoms with Gasteiger partial charge in [-0.15, -0.1) is 0 Å². The van der Waals surface area contributed by atoms with Gasteiger partial charge >= 0.3 is 17.9 Å². The number of carbonyl (C=O) groups is 17. The Labute approximate surface area is 669 Å². The predicted molar refractivity (Wildman–Crippen MR) is 414 cm³/mol. The fourth-order valence-corrected chi connectivity index (χ4v) is 13.4. The Kier molecular flexibility index (Phi) is 37.5. The molecule has 116 heavy (non-hydrogen) atoms. The van der Waals surface area contributed by atoms with Gasteiger partial charge in [0.1, 0.15) is 84.3 Å². The highest BCUT2D eigenvalue weighted by molar-refractivity contribution is 6.02. The van der Waals surface area contributed by atoms with E-state index in [1.54, 1.807) is 72.0 Å². The first-order valence-corrected chi connectivity index (χ1v) is 38.6. The number of aliphatic hydroxyl groups excluding tert-OH is 2. The number of likely N-dealkylation sites (tertiary alicyclic amines) is 2. The maximum absolute atomic E-state index is 14.8. The summed E-state index contributed by atoms with van der Waals surface area (Å²) in [5.74, 6) is -19.9. The molecule has 0 radical (unpaired) electrons. The zero-order valence-corrected chi connectivity index (χ0v) is 66.3. The number of para-hydroxylation sites is 1. The van der Waals surface area contributed by atoms with Crippen LogP contribution in [0.1, 0.15) is 150 Å². The lowest BCUT2D eigenvalue weighted by molar-refractivity contribution is -0.148. The lowest BCUT2D eigenvalue weighted by Crippen LogP contribution is -2.62. The highest BCUT2D eigenvalue weighted by atomic mass is 16.4. The smallest absolute Gasteiger partial charge is 0.326 e. The quantitative estimate of drug-likeness (QED) is 0.0239. The third-order valence-corrected chi connectivity index (χ3v) is 19.3. The summed E-state index contributed by atoms with van der Waals surface area (Å²) in [7, 11) is 0. The van der Waals surface area contributed by atoms with E-state index in [1.807, 2.05) is 0 Å². The molecule has 640 valence electrons. The highest BCUT2D eigenvalue weighted by Gasteiger charge is 2.44. The number of phenols is 1. The van der Waals surface area contributed by atoms with Gasteiger partial charge in [-0.05, 0) is 132 Å². The van der Waals surface area contributed by atoms with Crippen LogP contribution in [0.3, 0.4) is 0 Å². The average molecular weight is 1630 g/mol. The Balaban J connectivity index is 1.34. The van der Waals surface area contributed by atoms with Gasteiger partial charge in [-0.3, -0.25) is 76.7 Å². The first-order valence-electron chi connectivity index (χ1n) is 38.6. The largest absolute Gasteiger partial charge is 0.508 e. The van der Waals surface area contributed by atoms with Crippen LogP contribution in [0.5, 0.6) is 5.75 Å². The van der Waals surface area contributed by atoms with E-state index >= 15 is 0 Å². The molecule has 1 aromatic heterocycles. The normalized spacial score (nSPS) is 17.4. The zero-order valence-electron chi connectivity index (χ0n) is 66.3. The molecule has 2 aromatic carbocycles. The van der Waals surface area contributed by atoms with Crippen LogP contribution in [0.15, 0.2) is 54.7 Å². The molecule has 40 nitrogen and oxygen atoms in total. The number of fused-ring (bicyclic) bond motifs is 1. The Morgan fingerprint density at radius 3 is 1.43 bits per heavy atom. The lowest BCUT2D eigenvalue weighted by atomic mass is 10.00. The molecule has 2 saturated heterocycles. The molecular weight excluding hydrogens is 1520 g/mol. The molecule has 3 heterocycles. The standard InChI is InChI=1S/C76H113N17O23/c1-37(2)27-48(65(104)90-56(36-94)70(109)87-53(29-39(5)6)74(113)92-25-14-19-58(92)72(111)89-55(76(115)116)34-61(100)101)83-64(103)47(17-11-12-24-77)81-73(112)62(41(8)95)91-69(108)49(28-38(3)4)86-71(110)57-18-13-26-93(57)75(114)54(33-60(98)99)88-66(105)50(30-42-20-22-44(96)23-21-42)84-67(106)51(31-43-35-80-46-16-10-9-15-45(43)46)85-68(107)52(32-59(79)97)82-63(102)40(7)78/h9-10,15-16,20-23,35,37-41,47-58,62,80,94-96H,11-14,17-19,24-34,36,77-78H2,1-8H3,(H2,79,97)(H,81,112)(H,82,102)(H,83,103)(H,84,106)(H,85,107)(H,86,110)(H,87,109)(H,88,105)(H,89,111)(H,90,104)(H,91,108)(H,98,99)(H,100,101)(H,115,116)/t40-,41+,47-,48-,49-,50-,51-,52-,53-,54-,55-,56-,57-,58-,62-/m0/s1. The first kappa shape index (κ1) is 95.2. The molecule has 24 N–H and O–H groups in total. The Bertz CT molecular complexity index is 3980. The summed E-state index contributed by atoms with van der Waals surface area (Å²) in [6.45, 7) is 11.6. The third kappa shape index (κ3) is 29.5. The van der Waals surface area contributed by atoms with E-state index in [2.05, 4.69) is 63.5 Å². The lowest BCUT2D eigenvalue weighted by Gasteiger charge is -2.31. The number of primary amides is 1. The predicted octanol–water partition coefficient (Wildman–Crippen LogP) is -4.13. The number of benzene rings is 2. The number of nitrogens with one attached hydrogen (secondary N) is 12. The number of nitrogens with two attached hydrogens (primary N) is 3. The molecule has 2 aliphatic rings. The third-order valence-electron chi connectivity index (χ3n) is 19.3. The molecule has 0 unspecified atom stereocenters. The van der Waals surface area contributed by atoms with Crippen LogP contribution in [-0.4, -0.2) is 263 Å². The van der Waals surface area contributed by atoms with E-state index in [0.29, 0.717) is 28.5 Å². The molecule has 15 atom stereocenters. The second kappa shape index (κ2) is 45.6. The molecule has 0 spiro atoms. The number of nitrogens with zero attached hydrogens (tertiary/aromatic N) is 2. The molecule has 14 amide bonds. The fraction of sp³-hybridized carbons (Fsp3) is 0.592. The van der Waals surface area contributed by atoms with Crippen molar-refractivity contribution >= 4 is 112 Å². The van der Waals surface area contributed by atoms with Gasteiger partial charge in [0.05, 0.1) is 38.0 Å². The number of hydrogen-bond acceptors (Lipinski definition) is 22. The summed E-state index contributed by atoms with van der Waals surface area (Å²) in [6, 6.07) is -9.75. The van der Waals surface area contributed by atoms with E-state index in [1.165, 1.54) is 31.2 Å². The Hall–Kier alpha value is -11.4. The number of amides is 14. The van der Waals surface area contributed by atoms with Crippen molar-refractivity contribution < 1.29 is 112 Å². The van der Waals surface area contributed by atoms with Gasteiger partial charge in [0.25, 0.3) is 0 Å². The molecule has 2 fully saturated rings. The van der Waals surface area contributed by atoms with Gasteiger partial charge in [-0.2, -0.15) is 0 Å². The van der Waals surface area contributed by atoms with Crippen LogP contribution in [0.25, 0.3) is 10.9 Å². The number of phenolic OH excluding ortho intramolecular Hbond substituents is 1. The van der Waals surface area contributed by atoms with Crippen LogP contribution < -0.4 is 75.7 Å². The number of aromatic amines is 1. The van der Waals surface area contributed by atoms with Gasteiger partial charge in [-0.1, -0.05) is 71.9 Å². The Morgan fingerprint density at radius 1 is 0.483 bits per heavy atom. The fourth-order valence-electron chi connectivity index (χ4n) is 13.4. The van der Waals surface area contributed by atoms with E-state index < -0.39 is 224 Å². The van der Waals surface area contributed by atoms with Crippen LogP contribution in [-0.2, 0) is 94.3 Å². The first-order chi connectivity index (χ1) is 54.6. The van der Waals surface area contributed by atoms with E-state index in [4.69, 9.17) is 17.2 Å². The number of hydrogen-bond donors (Lipinski definition) is 21. The summed E-state index contributed by atoms with van der Waals surface area (Å²) in [5.41, 5.74) is 18.4. The maximum atomic E-state index is 14.8. The molecule has 0 aliphatic carbocycles. The molecule has 40 heteroatoms. The minimum Gasteiger partial charge on any atom is -0.508 e. The number of aromatic nitrogens is 1.